The van der Waals surface area contributed by atoms with Crippen LogP contribution in [0.5, 0.6) is 5.75 Å². The van der Waals surface area contributed by atoms with Crippen molar-refractivity contribution in [3.8, 4) is 5.75 Å². The molecule has 0 unspecified atom stereocenters. The van der Waals surface area contributed by atoms with E-state index in [1.165, 1.54) is 5.56 Å². The van der Waals surface area contributed by atoms with Gasteiger partial charge in [0, 0.05) is 44.5 Å². The van der Waals surface area contributed by atoms with Gasteiger partial charge in [0.05, 0.1) is 19.1 Å². The number of likely N-dealkylation sites (tertiary alicyclic amines) is 1. The first-order chi connectivity index (χ1) is 14.6. The van der Waals surface area contributed by atoms with Crippen LogP contribution in [0.1, 0.15) is 25.3 Å². The molecule has 2 aliphatic rings. The Bertz CT molecular complexity index is 845. The van der Waals surface area contributed by atoms with Crippen LogP contribution >= 0.6 is 0 Å². The van der Waals surface area contributed by atoms with Crippen molar-refractivity contribution in [2.45, 2.75) is 26.3 Å². The molecule has 0 amide bonds. The third kappa shape index (κ3) is 4.12. The van der Waals surface area contributed by atoms with Crippen LogP contribution in [0.3, 0.4) is 0 Å². The second kappa shape index (κ2) is 9.00. The predicted octanol–water partition coefficient (Wildman–Crippen LogP) is 2.77. The molecule has 2 saturated heterocycles. The van der Waals surface area contributed by atoms with E-state index in [0.717, 1.165) is 44.8 Å². The number of rotatable bonds is 6. The molecule has 0 bridgehead atoms. The maximum atomic E-state index is 13.1. The highest BCUT2D eigenvalue weighted by molar-refractivity contribution is 5.79. The van der Waals surface area contributed by atoms with Crippen LogP contribution in [0.4, 0.5) is 5.95 Å². The van der Waals surface area contributed by atoms with E-state index in [9.17, 15) is 4.79 Å². The van der Waals surface area contributed by atoms with Crippen LogP contribution in [0.15, 0.2) is 42.7 Å². The minimum absolute atomic E-state index is 0.0697. The van der Waals surface area contributed by atoms with E-state index in [2.05, 4.69) is 31.9 Å². The van der Waals surface area contributed by atoms with E-state index in [1.807, 2.05) is 25.1 Å². The molecule has 1 aromatic heterocycles. The number of anilines is 1. The third-order valence-corrected chi connectivity index (χ3v) is 6.35. The van der Waals surface area contributed by atoms with Gasteiger partial charge >= 0.3 is 5.97 Å². The molecule has 2 fully saturated rings. The standard InChI is InChI=1S/C23H30N4O3/c1-3-30-21(28)23-10-4-13-26(14-18-6-8-20(29-2)9-7-18)15-19(23)16-27(17-23)22-24-11-5-12-25-22/h5-9,11-12,19H,3-4,10,13-17H2,1-2H3/t19-,23-/m0/s1. The van der Waals surface area contributed by atoms with Crippen LogP contribution in [0.2, 0.25) is 0 Å². The second-order valence-corrected chi connectivity index (χ2v) is 8.19. The van der Waals surface area contributed by atoms with Gasteiger partial charge in [-0.15, -0.1) is 0 Å². The first-order valence-corrected chi connectivity index (χ1v) is 10.7. The lowest BCUT2D eigenvalue weighted by molar-refractivity contribution is -0.157. The Morgan fingerprint density at radius 2 is 1.97 bits per heavy atom. The topological polar surface area (TPSA) is 67.8 Å². The zero-order valence-electron chi connectivity index (χ0n) is 17.8. The summed E-state index contributed by atoms with van der Waals surface area (Å²) in [4.78, 5) is 26.6. The summed E-state index contributed by atoms with van der Waals surface area (Å²) in [7, 11) is 1.68. The SMILES string of the molecule is CCOC(=O)[C@]12CCCN(Cc3ccc(OC)cc3)C[C@H]1CN(c1ncccn1)C2. The molecule has 0 radical (unpaired) electrons. The molecule has 0 saturated carbocycles. The minimum atomic E-state index is -0.496. The van der Waals surface area contributed by atoms with Crippen LogP contribution in [0.25, 0.3) is 0 Å². The number of carbonyl (C=O) groups is 1. The molecule has 30 heavy (non-hydrogen) atoms. The molecule has 7 nitrogen and oxygen atoms in total. The lowest BCUT2D eigenvalue weighted by Gasteiger charge is -2.31. The number of ether oxygens (including phenoxy) is 2. The molecular formula is C23H30N4O3. The maximum Gasteiger partial charge on any atom is 0.314 e. The molecule has 2 aromatic rings. The Morgan fingerprint density at radius 1 is 1.20 bits per heavy atom. The highest BCUT2D eigenvalue weighted by Gasteiger charge is 2.54. The third-order valence-electron chi connectivity index (χ3n) is 6.35. The van der Waals surface area contributed by atoms with Crippen molar-refractivity contribution in [1.29, 1.82) is 0 Å². The first kappa shape index (κ1) is 20.6. The van der Waals surface area contributed by atoms with Gasteiger partial charge in [0.25, 0.3) is 0 Å². The van der Waals surface area contributed by atoms with Crippen molar-refractivity contribution in [2.24, 2.45) is 11.3 Å². The smallest absolute Gasteiger partial charge is 0.314 e. The molecule has 0 aliphatic carbocycles. The number of nitrogens with zero attached hydrogens (tertiary/aromatic N) is 4. The lowest BCUT2D eigenvalue weighted by Crippen LogP contribution is -2.42. The van der Waals surface area contributed by atoms with Gasteiger partial charge in [-0.1, -0.05) is 12.1 Å². The van der Waals surface area contributed by atoms with Gasteiger partial charge < -0.3 is 14.4 Å². The summed E-state index contributed by atoms with van der Waals surface area (Å²) in [5.74, 6) is 1.67. The highest BCUT2D eigenvalue weighted by Crippen LogP contribution is 2.44. The Morgan fingerprint density at radius 3 is 2.67 bits per heavy atom. The van der Waals surface area contributed by atoms with Crippen molar-refractivity contribution < 1.29 is 14.3 Å². The summed E-state index contributed by atoms with van der Waals surface area (Å²) in [6.07, 6.45) is 5.31. The summed E-state index contributed by atoms with van der Waals surface area (Å²) >= 11 is 0. The van der Waals surface area contributed by atoms with Crippen LogP contribution < -0.4 is 9.64 Å². The van der Waals surface area contributed by atoms with E-state index in [-0.39, 0.29) is 11.9 Å². The summed E-state index contributed by atoms with van der Waals surface area (Å²) < 4.78 is 10.8. The normalized spacial score (nSPS) is 24.2. The zero-order chi connectivity index (χ0) is 21.0. The highest BCUT2D eigenvalue weighted by atomic mass is 16.5. The maximum absolute atomic E-state index is 13.1. The average Bonchev–Trinajstić information content (AvgIpc) is 3.05. The molecule has 2 aliphatic heterocycles. The lowest BCUT2D eigenvalue weighted by atomic mass is 9.75. The van der Waals surface area contributed by atoms with Crippen molar-refractivity contribution in [2.75, 3.05) is 44.8 Å². The van der Waals surface area contributed by atoms with Gasteiger partial charge in [0.2, 0.25) is 5.95 Å². The number of hydrogen-bond donors (Lipinski definition) is 0. The molecule has 7 heteroatoms. The van der Waals surface area contributed by atoms with E-state index in [4.69, 9.17) is 9.47 Å². The molecule has 4 rings (SSSR count). The summed E-state index contributed by atoms with van der Waals surface area (Å²) in [5, 5.41) is 0. The quantitative estimate of drug-likeness (QED) is 0.679. The Hall–Kier alpha value is -2.67. The van der Waals surface area contributed by atoms with Crippen LogP contribution in [0, 0.1) is 11.3 Å². The Labute approximate surface area is 178 Å². The van der Waals surface area contributed by atoms with E-state index < -0.39 is 5.41 Å². The summed E-state index contributed by atoms with van der Waals surface area (Å²) in [6.45, 7) is 6.37. The zero-order valence-corrected chi connectivity index (χ0v) is 17.8. The van der Waals surface area contributed by atoms with Gasteiger partial charge in [0.1, 0.15) is 5.75 Å². The van der Waals surface area contributed by atoms with Gasteiger partial charge in [-0.3, -0.25) is 9.69 Å². The fraction of sp³-hybridized carbons (Fsp3) is 0.522. The van der Waals surface area contributed by atoms with Crippen LogP contribution in [-0.4, -0.2) is 60.7 Å². The fourth-order valence-corrected chi connectivity index (χ4v) is 4.86. The van der Waals surface area contributed by atoms with Gasteiger partial charge in [-0.2, -0.15) is 0 Å². The van der Waals surface area contributed by atoms with Crippen LogP contribution in [-0.2, 0) is 16.1 Å². The molecular weight excluding hydrogens is 380 g/mol. The largest absolute Gasteiger partial charge is 0.497 e. The molecule has 0 spiro atoms. The Kier molecular flexibility index (Phi) is 6.18. The van der Waals surface area contributed by atoms with Gasteiger partial charge in [0.15, 0.2) is 0 Å². The monoisotopic (exact) mass is 410 g/mol. The van der Waals surface area contributed by atoms with Crippen molar-refractivity contribution >= 4 is 11.9 Å². The molecule has 3 heterocycles. The predicted molar refractivity (Wildman–Crippen MR) is 114 cm³/mol. The molecule has 1 aromatic carbocycles. The van der Waals surface area contributed by atoms with Crippen molar-refractivity contribution in [3.63, 3.8) is 0 Å². The second-order valence-electron chi connectivity index (χ2n) is 8.19. The number of benzene rings is 1. The number of methoxy groups -OCH3 is 1. The van der Waals surface area contributed by atoms with Crippen molar-refractivity contribution in [3.05, 3.63) is 48.3 Å². The van der Waals surface area contributed by atoms with E-state index >= 15 is 0 Å². The minimum Gasteiger partial charge on any atom is -0.497 e. The molecule has 0 N–H and O–H groups in total. The number of aromatic nitrogens is 2. The van der Waals surface area contributed by atoms with Gasteiger partial charge in [-0.25, -0.2) is 9.97 Å². The molecule has 160 valence electrons. The Balaban J connectivity index is 1.55. The average molecular weight is 411 g/mol. The summed E-state index contributed by atoms with van der Waals surface area (Å²) in [5.41, 5.74) is 0.754. The molecule has 2 atom stereocenters. The van der Waals surface area contributed by atoms with Gasteiger partial charge in [-0.05, 0) is 50.1 Å². The fourth-order valence-electron chi connectivity index (χ4n) is 4.86. The summed E-state index contributed by atoms with van der Waals surface area (Å²) in [6, 6.07) is 10.0. The van der Waals surface area contributed by atoms with Crippen molar-refractivity contribution in [1.82, 2.24) is 14.9 Å². The number of fused-ring (bicyclic) bond motifs is 1. The van der Waals surface area contributed by atoms with E-state index in [0.29, 0.717) is 19.1 Å². The first-order valence-electron chi connectivity index (χ1n) is 10.7. The number of carbonyl (C=O) groups excluding carboxylic acids is 1. The number of esters is 1. The van der Waals surface area contributed by atoms with E-state index in [1.54, 1.807) is 19.5 Å². The number of hydrogen-bond acceptors (Lipinski definition) is 7.